The number of unbranched alkanes of at least 4 members (excludes halogenated alkanes) is 14. The van der Waals surface area contributed by atoms with Gasteiger partial charge in [-0.15, -0.1) is 0 Å². The standard InChI is InChI=1S/C18H35O.C3H6O3.Na/c1-2-3-4-5-6-7-8-9-10-11-12-13-14-15-16-17-18-19;1-2(4)3(5)6;/h2-17H2,1H3;2,4H,1H3,(H,5,6);. The Balaban J connectivity index is 0. The minimum atomic E-state index is -1.23. The molecule has 0 bridgehead atoms. The van der Waals surface area contributed by atoms with Gasteiger partial charge in [0, 0.05) is 0 Å². The van der Waals surface area contributed by atoms with Crippen molar-refractivity contribution in [3.63, 3.8) is 0 Å². The van der Waals surface area contributed by atoms with Gasteiger partial charge in [0.1, 0.15) is 6.10 Å². The summed E-state index contributed by atoms with van der Waals surface area (Å²) in [7, 11) is 0. The van der Waals surface area contributed by atoms with E-state index in [1.807, 2.05) is 0 Å². The van der Waals surface area contributed by atoms with Gasteiger partial charge in [0.2, 0.25) is 0 Å². The number of carboxylic acids is 1. The van der Waals surface area contributed by atoms with Gasteiger partial charge in [-0.1, -0.05) is 39.0 Å². The Morgan fingerprint density at radius 1 is 0.731 bits per heavy atom. The zero-order chi connectivity index (χ0) is 20.0. The Hall–Kier alpha value is 0.1000. The quantitative estimate of drug-likeness (QED) is 0.262. The summed E-state index contributed by atoms with van der Waals surface area (Å²) in [6, 6.07) is 0. The van der Waals surface area contributed by atoms with Crippen LogP contribution < -0.4 is 0 Å². The summed E-state index contributed by atoms with van der Waals surface area (Å²) in [4.78, 5) is 20.3. The fourth-order valence-electron chi connectivity index (χ4n) is 2.75. The maximum absolute atomic E-state index is 10.8. The predicted molar refractivity (Wildman–Crippen MR) is 110 cm³/mol. The van der Waals surface area contributed by atoms with Gasteiger partial charge in [0.15, 0.2) is 0 Å². The number of hydrogen-bond acceptors (Lipinski definition) is 3. The number of carbonyl (C=O) groups excluding carboxylic acids is 1. The van der Waals surface area contributed by atoms with Gasteiger partial charge >= 0.3 is 112 Å². The Morgan fingerprint density at radius 3 is 1.23 bits per heavy atom. The number of aliphatic hydroxyl groups excluding tert-OH is 1. The average Bonchev–Trinajstić information content (AvgIpc) is 2.58. The van der Waals surface area contributed by atoms with Crippen molar-refractivity contribution in [1.82, 2.24) is 0 Å². The molecule has 0 aromatic carbocycles. The molecular weight excluding hydrogens is 339 g/mol. The number of aliphatic carboxylic acids is 1. The van der Waals surface area contributed by atoms with E-state index < -0.39 is 12.1 Å². The van der Waals surface area contributed by atoms with Gasteiger partial charge in [-0.25, -0.2) is 4.79 Å². The van der Waals surface area contributed by atoms with Gasteiger partial charge in [0.05, 0.1) is 0 Å². The zero-order valence-corrected chi connectivity index (χ0v) is 19.6. The number of aliphatic hydroxyl groups is 1. The molecule has 0 aliphatic rings. The van der Waals surface area contributed by atoms with E-state index in [0.29, 0.717) is 3.03 Å². The van der Waals surface area contributed by atoms with E-state index in [1.165, 1.54) is 96.8 Å². The van der Waals surface area contributed by atoms with Crippen LogP contribution in [0.3, 0.4) is 0 Å². The predicted octanol–water partition coefficient (Wildman–Crippen LogP) is 5.39. The van der Waals surface area contributed by atoms with Gasteiger partial charge in [-0.3, -0.25) is 0 Å². The van der Waals surface area contributed by atoms with Crippen molar-refractivity contribution in [3.05, 3.63) is 0 Å². The van der Waals surface area contributed by atoms with E-state index >= 15 is 0 Å². The third-order valence-corrected chi connectivity index (χ3v) is 4.99. The summed E-state index contributed by atoms with van der Waals surface area (Å²) in [6.45, 7) is 3.48. The third kappa shape index (κ3) is 28.9. The second kappa shape index (κ2) is 23.1. The summed E-state index contributed by atoms with van der Waals surface area (Å²) in [5, 5.41) is 15.8. The Morgan fingerprint density at radius 2 is 1.00 bits per heavy atom. The van der Waals surface area contributed by atoms with Crippen LogP contribution in [0.2, 0.25) is 0 Å². The number of rotatable bonds is 17. The van der Waals surface area contributed by atoms with E-state index in [4.69, 9.17) is 10.2 Å². The normalized spacial score (nSPS) is 11.6. The van der Waals surface area contributed by atoms with Crippen LogP contribution in [-0.4, -0.2) is 53.2 Å². The second-order valence-electron chi connectivity index (χ2n) is 7.42. The van der Waals surface area contributed by atoms with Crippen molar-refractivity contribution in [2.75, 3.05) is 0 Å². The van der Waals surface area contributed by atoms with Crippen LogP contribution in [0.5, 0.6) is 0 Å². The van der Waals surface area contributed by atoms with Crippen molar-refractivity contribution < 1.29 is 19.8 Å². The second-order valence-corrected chi connectivity index (χ2v) is 8.53. The molecule has 0 spiro atoms. The molecule has 0 fully saturated rings. The summed E-state index contributed by atoms with van der Waals surface area (Å²) in [5.41, 5.74) is 0. The summed E-state index contributed by atoms with van der Waals surface area (Å²) in [6.07, 6.45) is 20.5. The SMILES string of the molecule is CC(O)C(=O)O.CCCCCCCCCCCCCCCCC[C](=O)[Na]. The average molecular weight is 381 g/mol. The molecule has 0 saturated heterocycles. The molecule has 0 heterocycles. The Kier molecular flexibility index (Phi) is 25.2. The molecule has 2 N–H and O–H groups in total. The summed E-state index contributed by atoms with van der Waals surface area (Å²) >= 11 is 0.751. The number of hydrogen-bond donors (Lipinski definition) is 2. The van der Waals surface area contributed by atoms with E-state index in [1.54, 1.807) is 0 Å². The van der Waals surface area contributed by atoms with Gasteiger partial charge in [-0.2, -0.15) is 0 Å². The van der Waals surface area contributed by atoms with E-state index in [9.17, 15) is 9.59 Å². The molecule has 0 saturated carbocycles. The van der Waals surface area contributed by atoms with Crippen LogP contribution in [0.4, 0.5) is 0 Å². The van der Waals surface area contributed by atoms with Crippen molar-refractivity contribution in [3.8, 4) is 0 Å². The fraction of sp³-hybridized carbons (Fsp3) is 0.905. The monoisotopic (exact) mass is 380 g/mol. The first kappa shape index (κ1) is 28.3. The van der Waals surface area contributed by atoms with Crippen molar-refractivity contribution in [1.29, 1.82) is 0 Å². The molecule has 26 heavy (non-hydrogen) atoms. The molecule has 5 heteroatoms. The fourth-order valence-corrected chi connectivity index (χ4v) is 3.10. The van der Waals surface area contributed by atoms with Crippen LogP contribution >= 0.6 is 0 Å². The first-order valence-electron chi connectivity index (χ1n) is 10.8. The molecule has 0 radical (unpaired) electrons. The molecule has 0 aromatic rings. The zero-order valence-electron chi connectivity index (χ0n) is 17.6. The Labute approximate surface area is 178 Å². The van der Waals surface area contributed by atoms with Crippen LogP contribution in [0, 0.1) is 0 Å². The van der Waals surface area contributed by atoms with E-state index in [0.717, 1.165) is 40.8 Å². The maximum atomic E-state index is 10.8. The van der Waals surface area contributed by atoms with Crippen molar-refractivity contribution in [2.45, 2.75) is 123 Å². The van der Waals surface area contributed by atoms with Crippen LogP contribution in [-0.2, 0) is 9.59 Å². The van der Waals surface area contributed by atoms with Crippen molar-refractivity contribution >= 4 is 36.9 Å². The summed E-state index contributed by atoms with van der Waals surface area (Å²) in [5.74, 6) is -1.19. The topological polar surface area (TPSA) is 74.6 Å². The molecule has 0 aromatic heterocycles. The molecule has 1 atom stereocenters. The van der Waals surface area contributed by atoms with Gasteiger partial charge in [-0.05, 0) is 6.92 Å². The molecule has 1 unspecified atom stereocenters. The van der Waals surface area contributed by atoms with E-state index in [-0.39, 0.29) is 0 Å². The third-order valence-electron chi connectivity index (χ3n) is 4.49. The Bertz CT molecular complexity index is 319. The van der Waals surface area contributed by atoms with Crippen LogP contribution in [0.1, 0.15) is 117 Å². The molecule has 0 rings (SSSR count). The van der Waals surface area contributed by atoms with E-state index in [2.05, 4.69) is 6.92 Å². The molecule has 150 valence electrons. The van der Waals surface area contributed by atoms with Crippen molar-refractivity contribution in [2.24, 2.45) is 0 Å². The molecule has 0 aliphatic carbocycles. The molecule has 4 nitrogen and oxygen atoms in total. The number of carboxylic acid groups (broad SMARTS) is 1. The number of carbonyl (C=O) groups is 2. The molecule has 0 aliphatic heterocycles. The molecular formula is C21H41NaO4. The van der Waals surface area contributed by atoms with Gasteiger partial charge in [0.25, 0.3) is 0 Å². The molecule has 0 amide bonds. The van der Waals surface area contributed by atoms with Gasteiger partial charge < -0.3 is 10.2 Å². The van der Waals surface area contributed by atoms with Crippen LogP contribution in [0.25, 0.3) is 0 Å². The van der Waals surface area contributed by atoms with Crippen LogP contribution in [0.15, 0.2) is 0 Å². The minimum absolute atomic E-state index is 0.486. The summed E-state index contributed by atoms with van der Waals surface area (Å²) < 4.78 is 0.486. The first-order chi connectivity index (χ1) is 12.4. The first-order valence-corrected chi connectivity index (χ1v) is 11.8.